The van der Waals surface area contributed by atoms with Crippen molar-refractivity contribution in [1.82, 2.24) is 15.5 Å². The van der Waals surface area contributed by atoms with Gasteiger partial charge in [0.25, 0.3) is 0 Å². The number of nitrogens with zero attached hydrogens (tertiary/aromatic N) is 1. The molecule has 0 aliphatic heterocycles. The van der Waals surface area contributed by atoms with Crippen molar-refractivity contribution < 1.29 is 19.5 Å². The highest BCUT2D eigenvalue weighted by Gasteiger charge is 2.30. The number of nitrogens with one attached hydrogen (secondary N) is 2. The smallest absolute Gasteiger partial charge is 0.321 e. The van der Waals surface area contributed by atoms with Crippen LogP contribution >= 0.6 is 0 Å². The number of carboxylic acid groups (broad SMARTS) is 1. The molecule has 108 valence electrons. The fourth-order valence-electron chi connectivity index (χ4n) is 1.70. The van der Waals surface area contributed by atoms with Gasteiger partial charge in [0.2, 0.25) is 5.91 Å². The van der Waals surface area contributed by atoms with Gasteiger partial charge in [0, 0.05) is 19.1 Å². The van der Waals surface area contributed by atoms with E-state index in [-0.39, 0.29) is 19.0 Å². The molecule has 7 heteroatoms. The first-order valence-electron chi connectivity index (χ1n) is 6.56. The third-order valence-corrected chi connectivity index (χ3v) is 2.81. The van der Waals surface area contributed by atoms with Crippen molar-refractivity contribution in [3.05, 3.63) is 0 Å². The molecule has 7 nitrogen and oxygen atoms in total. The molecule has 1 aliphatic carbocycles. The number of hydrogen-bond acceptors (Lipinski definition) is 4. The molecule has 0 radical (unpaired) electrons. The summed E-state index contributed by atoms with van der Waals surface area (Å²) >= 11 is 0. The van der Waals surface area contributed by atoms with Crippen LogP contribution in [0.2, 0.25) is 0 Å². The van der Waals surface area contributed by atoms with E-state index < -0.39 is 17.9 Å². The van der Waals surface area contributed by atoms with Crippen LogP contribution in [0.1, 0.15) is 32.6 Å². The van der Waals surface area contributed by atoms with Gasteiger partial charge in [0.1, 0.15) is 0 Å². The molecule has 0 atom stereocenters. The average Bonchev–Trinajstić information content (AvgIpc) is 3.15. The molecule has 0 spiro atoms. The molecule has 1 aliphatic rings. The number of amides is 3. The standard InChI is InChI=1S/C12H21N3O4/c1-2-6-13-12(19)14-10(16)8-15(9-3-4-9)7-5-11(17)18/h9H,2-8H2,1H3,(H,17,18)(H2,13,14,16,19). The van der Waals surface area contributed by atoms with Crippen LogP contribution in [0, 0.1) is 0 Å². The first kappa shape index (κ1) is 15.4. The maximum absolute atomic E-state index is 11.6. The molecule has 1 rings (SSSR count). The van der Waals surface area contributed by atoms with Gasteiger partial charge in [-0.2, -0.15) is 0 Å². The van der Waals surface area contributed by atoms with Crippen LogP contribution in [0.5, 0.6) is 0 Å². The van der Waals surface area contributed by atoms with Crippen LogP contribution in [0.25, 0.3) is 0 Å². The fraction of sp³-hybridized carbons (Fsp3) is 0.750. The molecule has 1 saturated carbocycles. The van der Waals surface area contributed by atoms with Crippen LogP contribution < -0.4 is 10.6 Å². The first-order valence-corrected chi connectivity index (χ1v) is 6.56. The lowest BCUT2D eigenvalue weighted by Crippen LogP contribution is -2.45. The molecular weight excluding hydrogens is 250 g/mol. The van der Waals surface area contributed by atoms with Crippen LogP contribution in [-0.2, 0) is 9.59 Å². The van der Waals surface area contributed by atoms with Crippen LogP contribution in [0.3, 0.4) is 0 Å². The minimum atomic E-state index is -0.883. The highest BCUT2D eigenvalue weighted by atomic mass is 16.4. The third-order valence-electron chi connectivity index (χ3n) is 2.81. The maximum atomic E-state index is 11.6. The molecule has 1 fully saturated rings. The van der Waals surface area contributed by atoms with Crippen molar-refractivity contribution >= 4 is 17.9 Å². The summed E-state index contributed by atoms with van der Waals surface area (Å²) in [7, 11) is 0. The second kappa shape index (κ2) is 7.73. The molecule has 19 heavy (non-hydrogen) atoms. The Balaban J connectivity index is 2.30. The van der Waals surface area contributed by atoms with Gasteiger partial charge in [0.15, 0.2) is 0 Å². The van der Waals surface area contributed by atoms with Crippen molar-refractivity contribution in [3.8, 4) is 0 Å². The van der Waals surface area contributed by atoms with Gasteiger partial charge in [0.05, 0.1) is 13.0 Å². The molecule has 0 aromatic heterocycles. The average molecular weight is 271 g/mol. The molecule has 3 amide bonds. The first-order chi connectivity index (χ1) is 9.02. The molecule has 3 N–H and O–H groups in total. The van der Waals surface area contributed by atoms with Crippen LogP contribution in [-0.4, -0.2) is 53.6 Å². The van der Waals surface area contributed by atoms with Crippen LogP contribution in [0.4, 0.5) is 4.79 Å². The van der Waals surface area contributed by atoms with E-state index in [0.717, 1.165) is 19.3 Å². The summed E-state index contributed by atoms with van der Waals surface area (Å²) in [5.41, 5.74) is 0. The quantitative estimate of drug-likeness (QED) is 0.584. The molecule has 0 heterocycles. The summed E-state index contributed by atoms with van der Waals surface area (Å²) in [4.78, 5) is 35.3. The van der Waals surface area contributed by atoms with Crippen molar-refractivity contribution in [2.75, 3.05) is 19.6 Å². The van der Waals surface area contributed by atoms with Gasteiger partial charge in [-0.15, -0.1) is 0 Å². The Morgan fingerprint density at radius 2 is 2.00 bits per heavy atom. The number of imide groups is 1. The Kier molecular flexibility index (Phi) is 6.27. The molecule has 0 unspecified atom stereocenters. The second-order valence-corrected chi connectivity index (χ2v) is 4.65. The summed E-state index contributed by atoms with van der Waals surface area (Å²) in [6.07, 6.45) is 2.77. The van der Waals surface area contributed by atoms with Crippen LogP contribution in [0.15, 0.2) is 0 Å². The number of aliphatic carboxylic acids is 1. The van der Waals surface area contributed by atoms with Crippen molar-refractivity contribution in [1.29, 1.82) is 0 Å². The molecular formula is C12H21N3O4. The number of rotatable bonds is 8. The van der Waals surface area contributed by atoms with Gasteiger partial charge < -0.3 is 10.4 Å². The van der Waals surface area contributed by atoms with Crippen molar-refractivity contribution in [2.24, 2.45) is 0 Å². The van der Waals surface area contributed by atoms with E-state index in [0.29, 0.717) is 13.1 Å². The Hall–Kier alpha value is -1.63. The third kappa shape index (κ3) is 6.76. The van der Waals surface area contributed by atoms with E-state index in [4.69, 9.17) is 5.11 Å². The monoisotopic (exact) mass is 271 g/mol. The molecule has 0 bridgehead atoms. The summed E-state index contributed by atoms with van der Waals surface area (Å²) < 4.78 is 0. The number of hydrogen-bond donors (Lipinski definition) is 3. The highest BCUT2D eigenvalue weighted by molar-refractivity contribution is 5.95. The van der Waals surface area contributed by atoms with E-state index in [9.17, 15) is 14.4 Å². The zero-order chi connectivity index (χ0) is 14.3. The Bertz CT molecular complexity index is 342. The Morgan fingerprint density at radius 3 is 2.53 bits per heavy atom. The predicted octanol–water partition coefficient (Wildman–Crippen LogP) is 0.161. The number of carboxylic acids is 1. The number of carbonyl (C=O) groups is 3. The summed E-state index contributed by atoms with van der Waals surface area (Å²) in [6.45, 7) is 2.84. The molecule has 0 aromatic rings. The van der Waals surface area contributed by atoms with E-state index >= 15 is 0 Å². The zero-order valence-electron chi connectivity index (χ0n) is 11.1. The summed E-state index contributed by atoms with van der Waals surface area (Å²) in [5, 5.41) is 13.4. The lowest BCUT2D eigenvalue weighted by molar-refractivity contribution is -0.137. The summed E-state index contributed by atoms with van der Waals surface area (Å²) in [6, 6.07) is -0.218. The Morgan fingerprint density at radius 1 is 1.32 bits per heavy atom. The second-order valence-electron chi connectivity index (χ2n) is 4.65. The molecule has 0 saturated heterocycles. The number of carbonyl (C=O) groups excluding carboxylic acids is 2. The summed E-state index contributed by atoms with van der Waals surface area (Å²) in [5.74, 6) is -1.28. The largest absolute Gasteiger partial charge is 0.481 e. The van der Waals surface area contributed by atoms with Gasteiger partial charge >= 0.3 is 12.0 Å². The fourth-order valence-corrected chi connectivity index (χ4v) is 1.70. The van der Waals surface area contributed by atoms with Gasteiger partial charge in [-0.3, -0.25) is 19.8 Å². The minimum absolute atomic E-state index is 0.00577. The van der Waals surface area contributed by atoms with E-state index in [1.807, 2.05) is 11.8 Å². The molecule has 0 aromatic carbocycles. The van der Waals surface area contributed by atoms with Gasteiger partial charge in [-0.1, -0.05) is 6.92 Å². The van der Waals surface area contributed by atoms with E-state index in [1.54, 1.807) is 0 Å². The predicted molar refractivity (Wildman–Crippen MR) is 68.7 cm³/mol. The lowest BCUT2D eigenvalue weighted by atomic mass is 10.3. The maximum Gasteiger partial charge on any atom is 0.321 e. The zero-order valence-corrected chi connectivity index (χ0v) is 11.1. The van der Waals surface area contributed by atoms with E-state index in [2.05, 4.69) is 10.6 Å². The topological polar surface area (TPSA) is 98.7 Å². The van der Waals surface area contributed by atoms with Crippen molar-refractivity contribution in [3.63, 3.8) is 0 Å². The normalized spacial score (nSPS) is 14.2. The Labute approximate surface area is 112 Å². The minimum Gasteiger partial charge on any atom is -0.481 e. The van der Waals surface area contributed by atoms with Gasteiger partial charge in [-0.05, 0) is 19.3 Å². The van der Waals surface area contributed by atoms with Gasteiger partial charge in [-0.25, -0.2) is 4.79 Å². The lowest BCUT2D eigenvalue weighted by Gasteiger charge is -2.20. The van der Waals surface area contributed by atoms with E-state index in [1.165, 1.54) is 0 Å². The highest BCUT2D eigenvalue weighted by Crippen LogP contribution is 2.26. The van der Waals surface area contributed by atoms with Crippen molar-refractivity contribution in [2.45, 2.75) is 38.6 Å². The number of urea groups is 1. The SMILES string of the molecule is CCCNC(=O)NC(=O)CN(CCC(=O)O)C1CC1.